The topological polar surface area (TPSA) is 210 Å². The summed E-state index contributed by atoms with van der Waals surface area (Å²) >= 11 is 0. The van der Waals surface area contributed by atoms with Crippen molar-refractivity contribution in [2.45, 2.75) is 55.4 Å². The number of carbonyl (C=O) groups is 8. The van der Waals surface area contributed by atoms with Gasteiger partial charge in [0.15, 0.2) is 0 Å². The molecule has 304 valence electrons. The molecule has 0 amide bonds. The Kier molecular flexibility index (Phi) is 36.7. The van der Waals surface area contributed by atoms with Crippen molar-refractivity contribution in [1.29, 1.82) is 0 Å². The minimum atomic E-state index is -1.83. The molecule has 0 atom stereocenters. The van der Waals surface area contributed by atoms with E-state index in [1.165, 1.54) is 55.4 Å². The standard InChI is InChI=1S/2C16H28O8P.2HI/c2*1-13(17)21-5-9-25(10-6-22-14(2)18,11-7-23-15(3)19)12-8-24-16(4)20;;/h2*5-12H2,1-4H3;2*1H/q2*+1;;/p-2. The molecule has 0 rings (SSSR count). The highest BCUT2D eigenvalue weighted by Gasteiger charge is 2.39. The predicted octanol–water partition coefficient (Wildman–Crippen LogP) is -3.48. The van der Waals surface area contributed by atoms with Crippen LogP contribution in [0.3, 0.4) is 0 Å². The summed E-state index contributed by atoms with van der Waals surface area (Å²) in [5, 5.41) is 0. The first kappa shape index (κ1) is 56.8. The highest BCUT2D eigenvalue weighted by molar-refractivity contribution is 7.76. The summed E-state index contributed by atoms with van der Waals surface area (Å²) in [6.07, 6.45) is 4.64. The Hall–Kier alpha value is -1.92. The maximum absolute atomic E-state index is 11.0. The summed E-state index contributed by atoms with van der Waals surface area (Å²) in [5.41, 5.74) is 0. The van der Waals surface area contributed by atoms with E-state index in [0.29, 0.717) is 49.3 Å². The fraction of sp³-hybridized carbons (Fsp3) is 0.750. The normalized spacial score (nSPS) is 10.3. The van der Waals surface area contributed by atoms with Crippen LogP contribution in [0.1, 0.15) is 55.4 Å². The van der Waals surface area contributed by atoms with E-state index in [4.69, 9.17) is 37.9 Å². The van der Waals surface area contributed by atoms with Gasteiger partial charge in [-0.1, -0.05) is 0 Å². The number of hydrogen-bond acceptors (Lipinski definition) is 16. The fourth-order valence-electron chi connectivity index (χ4n) is 4.41. The lowest BCUT2D eigenvalue weighted by molar-refractivity contribution is -0.141. The van der Waals surface area contributed by atoms with Crippen molar-refractivity contribution in [3.05, 3.63) is 0 Å². The third-order valence-corrected chi connectivity index (χ3v) is 16.0. The number of ether oxygens (including phenoxy) is 8. The smallest absolute Gasteiger partial charge is 0.302 e. The van der Waals surface area contributed by atoms with E-state index >= 15 is 0 Å². The molecular weight excluding hydrogens is 956 g/mol. The van der Waals surface area contributed by atoms with Crippen LogP contribution < -0.4 is 48.0 Å². The predicted molar refractivity (Wildman–Crippen MR) is 186 cm³/mol. The molecule has 0 radical (unpaired) electrons. The van der Waals surface area contributed by atoms with Crippen LogP contribution in [0.2, 0.25) is 0 Å². The molecule has 20 heteroatoms. The summed E-state index contributed by atoms with van der Waals surface area (Å²) in [6.45, 7) is 12.4. The van der Waals surface area contributed by atoms with Crippen molar-refractivity contribution in [2.24, 2.45) is 0 Å². The highest BCUT2D eigenvalue weighted by Crippen LogP contribution is 2.58. The van der Waals surface area contributed by atoms with Crippen LogP contribution in [0.5, 0.6) is 0 Å². The molecule has 0 unspecified atom stereocenters. The molecule has 0 saturated heterocycles. The fourth-order valence-corrected chi connectivity index (χ4v) is 10.9. The minimum Gasteiger partial charge on any atom is -1.00 e. The highest BCUT2D eigenvalue weighted by atomic mass is 127. The largest absolute Gasteiger partial charge is 1.00 e. The maximum atomic E-state index is 11.0. The SMILES string of the molecule is CC(=O)OCC[P+](CCOC(C)=O)(CCOC(C)=O)CCOC(C)=O.CC(=O)OCC[P+](CCOC(C)=O)(CCOC(C)=O)CCOC(C)=O.[I-].[I-]. The van der Waals surface area contributed by atoms with E-state index in [2.05, 4.69) is 0 Å². The molecule has 0 aromatic carbocycles. The average Bonchev–Trinajstić information content (AvgIpc) is 2.96. The summed E-state index contributed by atoms with van der Waals surface area (Å²) in [4.78, 5) is 88.2. The molecule has 0 N–H and O–H groups in total. The van der Waals surface area contributed by atoms with Gasteiger partial charge in [-0.25, -0.2) is 0 Å². The van der Waals surface area contributed by atoms with E-state index in [-0.39, 0.29) is 149 Å². The third-order valence-electron chi connectivity index (χ3n) is 6.97. The van der Waals surface area contributed by atoms with Crippen LogP contribution in [0, 0.1) is 0 Å². The molecule has 0 aliphatic carbocycles. The first-order valence-electron chi connectivity index (χ1n) is 16.1. The molecule has 0 aromatic rings. The second-order valence-electron chi connectivity index (χ2n) is 11.2. The lowest BCUT2D eigenvalue weighted by atomic mass is 10.7. The van der Waals surface area contributed by atoms with Gasteiger partial charge in [0, 0.05) is 69.9 Å². The maximum Gasteiger partial charge on any atom is 0.302 e. The molecule has 0 aromatic heterocycles. The zero-order valence-electron chi connectivity index (χ0n) is 31.5. The van der Waals surface area contributed by atoms with E-state index in [1.54, 1.807) is 0 Å². The van der Waals surface area contributed by atoms with Crippen molar-refractivity contribution < 1.29 is 124 Å². The van der Waals surface area contributed by atoms with Gasteiger partial charge in [-0.2, -0.15) is 0 Å². The average molecular weight is 1010 g/mol. The van der Waals surface area contributed by atoms with Gasteiger partial charge in [-0.05, 0) is 0 Å². The van der Waals surface area contributed by atoms with Gasteiger partial charge >= 0.3 is 47.8 Å². The molecule has 16 nitrogen and oxygen atoms in total. The molecule has 0 fully saturated rings. The quantitative estimate of drug-likeness (QED) is 0.0398. The molecule has 0 saturated carbocycles. The Labute approximate surface area is 342 Å². The van der Waals surface area contributed by atoms with Crippen molar-refractivity contribution in [3.8, 4) is 0 Å². The summed E-state index contributed by atoms with van der Waals surface area (Å²) in [6, 6.07) is 0. The molecule has 0 aliphatic rings. The van der Waals surface area contributed by atoms with Crippen LogP contribution in [-0.2, 0) is 76.3 Å². The Morgan fingerprint density at radius 2 is 0.365 bits per heavy atom. The van der Waals surface area contributed by atoms with Crippen LogP contribution in [0.4, 0.5) is 0 Å². The molecule has 0 aliphatic heterocycles. The third kappa shape index (κ3) is 36.4. The molecule has 52 heavy (non-hydrogen) atoms. The number of halogens is 2. The zero-order valence-corrected chi connectivity index (χ0v) is 37.6. The van der Waals surface area contributed by atoms with Gasteiger partial charge in [-0.3, -0.25) is 38.4 Å². The van der Waals surface area contributed by atoms with Crippen LogP contribution in [-0.4, -0.2) is 150 Å². The van der Waals surface area contributed by atoms with Crippen LogP contribution >= 0.6 is 14.5 Å². The van der Waals surface area contributed by atoms with E-state index in [1.807, 2.05) is 0 Å². The minimum absolute atomic E-state index is 0. The van der Waals surface area contributed by atoms with Crippen molar-refractivity contribution in [1.82, 2.24) is 0 Å². The monoisotopic (exact) mass is 1010 g/mol. The van der Waals surface area contributed by atoms with Crippen molar-refractivity contribution in [2.75, 3.05) is 102 Å². The van der Waals surface area contributed by atoms with Crippen molar-refractivity contribution >= 4 is 62.3 Å². The zero-order chi connectivity index (χ0) is 38.6. The molecule has 0 heterocycles. The lowest BCUT2D eigenvalue weighted by Crippen LogP contribution is -3.00. The Morgan fingerprint density at radius 3 is 0.442 bits per heavy atom. The number of hydrogen-bond donors (Lipinski definition) is 0. The second-order valence-corrected chi connectivity index (χ2v) is 20.1. The van der Waals surface area contributed by atoms with E-state index < -0.39 is 14.5 Å². The number of rotatable bonds is 24. The summed E-state index contributed by atoms with van der Waals surface area (Å²) < 4.78 is 40.4. The molecule has 0 spiro atoms. The van der Waals surface area contributed by atoms with Gasteiger partial charge < -0.3 is 85.8 Å². The van der Waals surface area contributed by atoms with Gasteiger partial charge in [0.25, 0.3) is 0 Å². The Morgan fingerprint density at radius 1 is 0.269 bits per heavy atom. The van der Waals surface area contributed by atoms with Gasteiger partial charge in [-0.15, -0.1) is 0 Å². The second kappa shape index (κ2) is 33.6. The van der Waals surface area contributed by atoms with E-state index in [0.717, 1.165) is 0 Å². The first-order valence-corrected chi connectivity index (χ1v) is 21.2. The summed E-state index contributed by atoms with van der Waals surface area (Å²) in [5.74, 6) is -3.01. The van der Waals surface area contributed by atoms with Gasteiger partial charge in [0.05, 0.1) is 49.3 Å². The van der Waals surface area contributed by atoms with Crippen molar-refractivity contribution in [3.63, 3.8) is 0 Å². The summed E-state index contributed by atoms with van der Waals surface area (Å²) in [7, 11) is -3.66. The van der Waals surface area contributed by atoms with E-state index in [9.17, 15) is 38.4 Å². The molecular formula is C32H56I2O16P2. The van der Waals surface area contributed by atoms with Gasteiger partial charge in [0.1, 0.15) is 52.9 Å². The Bertz CT molecular complexity index is 851. The van der Waals surface area contributed by atoms with Crippen LogP contribution in [0.15, 0.2) is 0 Å². The van der Waals surface area contributed by atoms with Gasteiger partial charge in [0.2, 0.25) is 0 Å². The number of esters is 8. The Balaban J connectivity index is -0.000000427. The molecule has 0 bridgehead atoms. The first-order chi connectivity index (χ1) is 23.3. The lowest BCUT2D eigenvalue weighted by Gasteiger charge is -2.27. The van der Waals surface area contributed by atoms with Crippen LogP contribution in [0.25, 0.3) is 0 Å². The number of carbonyl (C=O) groups excluding carboxylic acids is 8.